The summed E-state index contributed by atoms with van der Waals surface area (Å²) >= 11 is 0. The van der Waals surface area contributed by atoms with Gasteiger partial charge >= 0.3 is 0 Å². The molecule has 2 atom stereocenters. The van der Waals surface area contributed by atoms with Crippen LogP contribution in [0.2, 0.25) is 0 Å². The lowest BCUT2D eigenvalue weighted by Crippen LogP contribution is -2.44. The zero-order valence-corrected chi connectivity index (χ0v) is 22.4. The molecule has 0 saturated carbocycles. The Balaban J connectivity index is 1.51. The van der Waals surface area contributed by atoms with E-state index >= 15 is 0 Å². The SMILES string of the molecule is COc1cc2c(cc1OC)C(C(Cc1ccccc1)C1=COCO1)N(C(=O)c1cn(C)c3ccccc13)CC2. The van der Waals surface area contributed by atoms with Crippen LogP contribution in [0.25, 0.3) is 10.9 Å². The fourth-order valence-corrected chi connectivity index (χ4v) is 5.99. The van der Waals surface area contributed by atoms with Crippen LogP contribution >= 0.6 is 0 Å². The van der Waals surface area contributed by atoms with E-state index < -0.39 is 0 Å². The van der Waals surface area contributed by atoms with Gasteiger partial charge in [0.05, 0.1) is 25.8 Å². The van der Waals surface area contributed by atoms with Gasteiger partial charge in [0.25, 0.3) is 5.91 Å². The third-order valence-corrected chi connectivity index (χ3v) is 7.85. The van der Waals surface area contributed by atoms with Crippen molar-refractivity contribution in [3.63, 3.8) is 0 Å². The Morgan fingerprint density at radius 3 is 2.51 bits per heavy atom. The molecule has 3 aromatic carbocycles. The molecule has 2 aliphatic rings. The number of ether oxygens (including phenoxy) is 4. The highest BCUT2D eigenvalue weighted by molar-refractivity contribution is 6.07. The van der Waals surface area contributed by atoms with Gasteiger partial charge < -0.3 is 28.4 Å². The molecule has 1 aromatic heterocycles. The molecule has 2 aliphatic heterocycles. The van der Waals surface area contributed by atoms with Crippen molar-refractivity contribution in [1.82, 2.24) is 9.47 Å². The molecule has 0 radical (unpaired) electrons. The summed E-state index contributed by atoms with van der Waals surface area (Å²) in [5.74, 6) is 1.88. The highest BCUT2D eigenvalue weighted by Gasteiger charge is 2.41. The Kier molecular flexibility index (Phi) is 6.65. The second-order valence-electron chi connectivity index (χ2n) is 10.0. The van der Waals surface area contributed by atoms with Crippen LogP contribution in [0.1, 0.15) is 33.1 Å². The summed E-state index contributed by atoms with van der Waals surface area (Å²) < 4.78 is 24.9. The number of carbonyl (C=O) groups is 1. The number of benzene rings is 3. The van der Waals surface area contributed by atoms with Crippen LogP contribution in [0.3, 0.4) is 0 Å². The monoisotopic (exact) mass is 524 g/mol. The molecule has 6 rings (SSSR count). The summed E-state index contributed by atoms with van der Waals surface area (Å²) in [5, 5.41) is 0.945. The third-order valence-electron chi connectivity index (χ3n) is 7.85. The maximum absolute atomic E-state index is 14.5. The first kappa shape index (κ1) is 24.9. The van der Waals surface area contributed by atoms with Crippen LogP contribution in [0.15, 0.2) is 84.9 Å². The summed E-state index contributed by atoms with van der Waals surface area (Å²) in [4.78, 5) is 16.5. The molecule has 4 aromatic rings. The third kappa shape index (κ3) is 4.48. The zero-order chi connectivity index (χ0) is 26.9. The van der Waals surface area contributed by atoms with Crippen molar-refractivity contribution in [2.24, 2.45) is 13.0 Å². The van der Waals surface area contributed by atoms with Gasteiger partial charge in [0.15, 0.2) is 11.5 Å². The van der Waals surface area contributed by atoms with Gasteiger partial charge in [-0.3, -0.25) is 4.79 Å². The summed E-state index contributed by atoms with van der Waals surface area (Å²) in [7, 11) is 5.26. The lowest BCUT2D eigenvalue weighted by molar-refractivity contribution is 0.0436. The van der Waals surface area contributed by atoms with Gasteiger partial charge in [-0.05, 0) is 47.7 Å². The van der Waals surface area contributed by atoms with Crippen LogP contribution in [-0.2, 0) is 29.4 Å². The van der Waals surface area contributed by atoms with Crippen molar-refractivity contribution < 1.29 is 23.7 Å². The molecular weight excluding hydrogens is 492 g/mol. The van der Waals surface area contributed by atoms with Crippen molar-refractivity contribution in [2.45, 2.75) is 18.9 Å². The lowest BCUT2D eigenvalue weighted by Gasteiger charge is -2.42. The molecule has 3 heterocycles. The Bertz CT molecular complexity index is 1540. The van der Waals surface area contributed by atoms with E-state index in [-0.39, 0.29) is 24.7 Å². The fourth-order valence-electron chi connectivity index (χ4n) is 5.99. The predicted molar refractivity (Wildman–Crippen MR) is 149 cm³/mol. The Morgan fingerprint density at radius 2 is 1.77 bits per heavy atom. The predicted octanol–water partition coefficient (Wildman–Crippen LogP) is 5.64. The number of aryl methyl sites for hydroxylation is 1. The molecule has 7 nitrogen and oxygen atoms in total. The average Bonchev–Trinajstić information content (AvgIpc) is 3.63. The molecule has 0 saturated heterocycles. The minimum absolute atomic E-state index is 0.00480. The van der Waals surface area contributed by atoms with Gasteiger partial charge in [-0.15, -0.1) is 0 Å². The van der Waals surface area contributed by atoms with Gasteiger partial charge in [0.1, 0.15) is 12.0 Å². The minimum Gasteiger partial charge on any atom is -0.493 e. The van der Waals surface area contributed by atoms with E-state index in [1.807, 2.05) is 77.3 Å². The quantitative estimate of drug-likeness (QED) is 0.313. The van der Waals surface area contributed by atoms with Crippen LogP contribution < -0.4 is 9.47 Å². The highest BCUT2D eigenvalue weighted by atomic mass is 16.7. The van der Waals surface area contributed by atoms with E-state index in [9.17, 15) is 4.79 Å². The summed E-state index contributed by atoms with van der Waals surface area (Å²) in [6, 6.07) is 22.1. The van der Waals surface area contributed by atoms with E-state index in [4.69, 9.17) is 18.9 Å². The molecule has 200 valence electrons. The Hall–Kier alpha value is -4.39. The molecule has 39 heavy (non-hydrogen) atoms. The minimum atomic E-state index is -0.312. The maximum Gasteiger partial charge on any atom is 0.256 e. The second kappa shape index (κ2) is 10.4. The van der Waals surface area contributed by atoms with Crippen molar-refractivity contribution >= 4 is 16.8 Å². The standard InChI is InChI=1S/C32H32N2O5/c1-33-18-26(23-11-7-8-12-27(23)33)32(35)34-14-13-22-16-28(36-2)29(37-3)17-24(22)31(34)25(30-19-38-20-39-30)15-21-9-5-4-6-10-21/h4-12,16-19,25,31H,13-15,20H2,1-3H3. The summed E-state index contributed by atoms with van der Waals surface area (Å²) in [6.07, 6.45) is 5.02. The summed E-state index contributed by atoms with van der Waals surface area (Å²) in [5.41, 5.74) is 5.04. The number of nitrogens with zero attached hydrogens (tertiary/aromatic N) is 2. The van der Waals surface area contributed by atoms with Crippen LogP contribution in [-0.4, -0.2) is 42.9 Å². The van der Waals surface area contributed by atoms with Crippen molar-refractivity contribution in [3.05, 3.63) is 107 Å². The van der Waals surface area contributed by atoms with E-state index in [1.165, 1.54) is 0 Å². The Morgan fingerprint density at radius 1 is 1.03 bits per heavy atom. The molecule has 0 bridgehead atoms. The van der Waals surface area contributed by atoms with Crippen molar-refractivity contribution in [2.75, 3.05) is 27.6 Å². The number of methoxy groups -OCH3 is 2. The average molecular weight is 525 g/mol. The van der Waals surface area contributed by atoms with E-state index in [2.05, 4.69) is 12.1 Å². The molecule has 0 fully saturated rings. The molecule has 2 unspecified atom stereocenters. The molecule has 7 heteroatoms. The van der Waals surface area contributed by atoms with E-state index in [0.29, 0.717) is 36.4 Å². The number of hydrogen-bond acceptors (Lipinski definition) is 5. The highest BCUT2D eigenvalue weighted by Crippen LogP contribution is 2.45. The maximum atomic E-state index is 14.5. The van der Waals surface area contributed by atoms with Crippen LogP contribution in [0.5, 0.6) is 11.5 Å². The smallest absolute Gasteiger partial charge is 0.256 e. The molecular formula is C32H32N2O5. The molecule has 0 N–H and O–H groups in total. The van der Waals surface area contributed by atoms with Crippen LogP contribution in [0, 0.1) is 5.92 Å². The first-order valence-electron chi connectivity index (χ1n) is 13.2. The number of hydrogen-bond donors (Lipinski definition) is 0. The molecule has 0 aliphatic carbocycles. The number of carbonyl (C=O) groups excluding carboxylic acids is 1. The van der Waals surface area contributed by atoms with Gasteiger partial charge in [-0.1, -0.05) is 48.5 Å². The number of aromatic nitrogens is 1. The first-order valence-corrected chi connectivity index (χ1v) is 13.2. The molecule has 1 amide bonds. The first-order chi connectivity index (χ1) is 19.1. The number of fused-ring (bicyclic) bond motifs is 2. The summed E-state index contributed by atoms with van der Waals surface area (Å²) in [6.45, 7) is 0.734. The van der Waals surface area contributed by atoms with Crippen molar-refractivity contribution in [1.29, 1.82) is 0 Å². The normalized spacial score (nSPS) is 17.2. The fraction of sp³-hybridized carbons (Fsp3) is 0.281. The zero-order valence-electron chi connectivity index (χ0n) is 22.4. The van der Waals surface area contributed by atoms with Gasteiger partial charge in [-0.2, -0.15) is 0 Å². The lowest BCUT2D eigenvalue weighted by atomic mass is 9.80. The van der Waals surface area contributed by atoms with Gasteiger partial charge in [0.2, 0.25) is 6.79 Å². The van der Waals surface area contributed by atoms with Gasteiger partial charge in [0, 0.05) is 36.6 Å². The number of rotatable bonds is 7. The molecule has 0 spiro atoms. The Labute approximate surface area is 228 Å². The number of amides is 1. The number of para-hydroxylation sites is 1. The topological polar surface area (TPSA) is 62.2 Å². The van der Waals surface area contributed by atoms with E-state index in [0.717, 1.165) is 33.4 Å². The largest absolute Gasteiger partial charge is 0.493 e. The second-order valence-corrected chi connectivity index (χ2v) is 10.0. The van der Waals surface area contributed by atoms with Crippen LogP contribution in [0.4, 0.5) is 0 Å². The van der Waals surface area contributed by atoms with Crippen molar-refractivity contribution in [3.8, 4) is 11.5 Å². The van der Waals surface area contributed by atoms with E-state index in [1.54, 1.807) is 20.5 Å². The van der Waals surface area contributed by atoms with Gasteiger partial charge in [-0.25, -0.2) is 0 Å².